The van der Waals surface area contributed by atoms with Crippen molar-refractivity contribution in [2.24, 2.45) is 0 Å². The zero-order valence-electron chi connectivity index (χ0n) is 49.7. The molecule has 40 nitrogen and oxygen atoms in total. The van der Waals surface area contributed by atoms with Crippen molar-refractivity contribution in [2.75, 3.05) is 59.3 Å². The Morgan fingerprint density at radius 2 is 0.758 bits per heavy atom. The third kappa shape index (κ3) is 19.1. The maximum absolute atomic E-state index is 12.7. The van der Waals surface area contributed by atoms with Crippen molar-refractivity contribution in [1.82, 2.24) is 65.8 Å². The quantitative estimate of drug-likeness (QED) is 0.0257. The first-order valence-corrected chi connectivity index (χ1v) is 28.8. The number of aromatic nitrogens is 9. The molecule has 3 saturated heterocycles. The van der Waals surface area contributed by atoms with Gasteiger partial charge in [-0.25, -0.2) is 14.4 Å². The van der Waals surface area contributed by atoms with E-state index in [1.54, 1.807) is 18.6 Å². The fourth-order valence-electron chi connectivity index (χ4n) is 10.5. The molecule has 91 heavy (non-hydrogen) atoms. The lowest BCUT2D eigenvalue weighted by Crippen LogP contribution is -2.68. The minimum Gasteiger partial charge on any atom is -0.477 e. The van der Waals surface area contributed by atoms with E-state index in [4.69, 9.17) is 28.4 Å². The van der Waals surface area contributed by atoms with Gasteiger partial charge in [-0.05, 0) is 0 Å². The zero-order chi connectivity index (χ0) is 67.1. The van der Waals surface area contributed by atoms with Gasteiger partial charge in [0.05, 0.1) is 113 Å². The number of hydrogen-bond donors (Lipinski definition) is 18. The van der Waals surface area contributed by atoms with E-state index in [2.05, 4.69) is 46.9 Å². The number of nitrogens with zero attached hydrogens (tertiary/aromatic N) is 10. The van der Waals surface area contributed by atoms with Gasteiger partial charge >= 0.3 is 17.9 Å². The van der Waals surface area contributed by atoms with E-state index in [0.717, 1.165) is 20.8 Å². The molecule has 0 aromatic carbocycles. The fourth-order valence-corrected chi connectivity index (χ4v) is 10.5. The van der Waals surface area contributed by atoms with E-state index >= 15 is 0 Å². The highest BCUT2D eigenvalue weighted by molar-refractivity contribution is 5.78. The summed E-state index contributed by atoms with van der Waals surface area (Å²) in [6.07, 6.45) is -19.5. The highest BCUT2D eigenvalue weighted by Gasteiger charge is 2.59. The second-order valence-electron chi connectivity index (χ2n) is 22.2. The largest absolute Gasteiger partial charge is 0.477 e. The van der Waals surface area contributed by atoms with Crippen LogP contribution in [0.1, 0.15) is 57.1 Å². The molecule has 40 heteroatoms. The Balaban J connectivity index is 1.12. The van der Waals surface area contributed by atoms with E-state index in [1.165, 1.54) is 14.0 Å². The number of ether oxygens (including phenoxy) is 6. The van der Waals surface area contributed by atoms with Crippen LogP contribution in [0.4, 0.5) is 0 Å². The van der Waals surface area contributed by atoms with Gasteiger partial charge in [0.2, 0.25) is 17.7 Å². The number of carboxylic acid groups (broad SMARTS) is 3. The molecule has 6 rings (SSSR count). The summed E-state index contributed by atoms with van der Waals surface area (Å²) in [5.41, 5.74) is 0.931. The lowest BCUT2D eigenvalue weighted by Gasteiger charge is -2.46. The van der Waals surface area contributed by atoms with Crippen molar-refractivity contribution >= 4 is 35.6 Å². The summed E-state index contributed by atoms with van der Waals surface area (Å²) in [6, 6.07) is -4.22. The normalized spacial score (nSPS) is 28.9. The Hall–Kier alpha value is -6.52. The summed E-state index contributed by atoms with van der Waals surface area (Å²) in [6.45, 7) is 0.577. The van der Waals surface area contributed by atoms with Crippen LogP contribution in [0.25, 0.3) is 0 Å². The highest BCUT2D eigenvalue weighted by atomic mass is 16.7. The molecular weight excluding hydrogens is 1230 g/mol. The molecule has 6 heterocycles. The third-order valence-corrected chi connectivity index (χ3v) is 15.3. The summed E-state index contributed by atoms with van der Waals surface area (Å²) in [5, 5.41) is 187. The number of aliphatic hydroxyl groups is 12. The topological polar surface area (TPSA) is 593 Å². The molecule has 18 N–H and O–H groups in total. The maximum Gasteiger partial charge on any atom is 0.364 e. The monoisotopic (exact) mass is 1310 g/mol. The van der Waals surface area contributed by atoms with E-state index in [0.29, 0.717) is 17.1 Å². The van der Waals surface area contributed by atoms with Crippen LogP contribution in [0.2, 0.25) is 0 Å². The van der Waals surface area contributed by atoms with Crippen molar-refractivity contribution in [1.29, 1.82) is 0 Å². The van der Waals surface area contributed by atoms with Gasteiger partial charge in [-0.2, -0.15) is 0 Å². The number of rotatable bonds is 36. The molecule has 3 aromatic rings. The minimum atomic E-state index is -2.59. The molecule has 3 aliphatic heterocycles. The first-order chi connectivity index (χ1) is 43.0. The number of aliphatic carboxylic acids is 3. The smallest absolute Gasteiger partial charge is 0.364 e. The molecule has 0 spiro atoms. The molecule has 0 radical (unpaired) electrons. The number of aliphatic hydroxyl groups excluding tert-OH is 12. The predicted octanol–water partition coefficient (Wildman–Crippen LogP) is -10.7. The molecule has 0 aliphatic carbocycles. The number of hydrogen-bond acceptors (Lipinski definition) is 31. The Kier molecular flexibility index (Phi) is 26.5. The molecule has 512 valence electrons. The first-order valence-electron chi connectivity index (χ1n) is 28.8. The number of nitrogens with one attached hydrogen (secondary N) is 3. The van der Waals surface area contributed by atoms with Crippen molar-refractivity contribution in [3.8, 4) is 0 Å². The molecule has 0 bridgehead atoms. The third-order valence-electron chi connectivity index (χ3n) is 15.3. The Morgan fingerprint density at radius 1 is 0.505 bits per heavy atom. The van der Waals surface area contributed by atoms with Crippen LogP contribution >= 0.6 is 0 Å². The molecule has 3 aromatic heterocycles. The van der Waals surface area contributed by atoms with Gasteiger partial charge in [0.15, 0.2) is 0 Å². The van der Waals surface area contributed by atoms with Gasteiger partial charge in [0.25, 0.3) is 17.4 Å². The van der Waals surface area contributed by atoms with Crippen molar-refractivity contribution in [2.45, 2.75) is 188 Å². The van der Waals surface area contributed by atoms with Crippen molar-refractivity contribution in [3.05, 3.63) is 35.7 Å². The van der Waals surface area contributed by atoms with Crippen LogP contribution in [0, 0.1) is 0 Å². The van der Waals surface area contributed by atoms with Crippen molar-refractivity contribution < 1.29 is 134 Å². The Labute approximate surface area is 516 Å². The second-order valence-corrected chi connectivity index (χ2v) is 22.2. The second kappa shape index (κ2) is 32.9. The van der Waals surface area contributed by atoms with Crippen molar-refractivity contribution in [3.63, 3.8) is 0 Å². The lowest BCUT2D eigenvalue weighted by molar-refractivity contribution is -0.311. The number of carbonyl (C=O) groups is 6. The Bertz CT molecular complexity index is 2580. The van der Waals surface area contributed by atoms with Gasteiger partial charge in [-0.1, -0.05) is 15.6 Å². The molecule has 0 unspecified atom stereocenters. The van der Waals surface area contributed by atoms with Crippen LogP contribution in [0.5, 0.6) is 0 Å². The number of carbonyl (C=O) groups excluding carboxylic acids is 3. The SMILES string of the molecule is CC(=O)N[C@H]1[C@H]([C@H](O)[C@H](O)CO)O[C@@](OCCc2cn(CCN(CCn3cc(CCO[C@]4(C(=O)O)C[C@H](O)[C@@H](NC(C)=O)[C@H]([C@H](O)[C@H](O)CO)O4)nn3)CCn3cc(CCO[C@]4(C(=O)O)C[C@H](O)[C@@H](NC(C)=O)[C@H]([C@H](O)[C@H](O)CO)O4)nn3)nn2)(C(=O)O)C[C@@H]1O. The summed E-state index contributed by atoms with van der Waals surface area (Å²) in [7, 11) is 0. The molecule has 0 saturated carbocycles. The minimum absolute atomic E-state index is 0.0629. The molecule has 3 amide bonds. The van der Waals surface area contributed by atoms with Gasteiger partial charge in [-0.3, -0.25) is 33.3 Å². The first kappa shape index (κ1) is 73.5. The van der Waals surface area contributed by atoms with Gasteiger partial charge in [0.1, 0.15) is 54.9 Å². The van der Waals surface area contributed by atoms with Crippen LogP contribution < -0.4 is 16.0 Å². The average molecular weight is 1310 g/mol. The Morgan fingerprint density at radius 3 is 0.978 bits per heavy atom. The number of carboxylic acids is 3. The summed E-state index contributed by atoms with van der Waals surface area (Å²) >= 11 is 0. The van der Waals surface area contributed by atoms with Crippen LogP contribution in [-0.4, -0.2) is 330 Å². The zero-order valence-corrected chi connectivity index (χ0v) is 49.7. The standard InChI is InChI=1S/C51H81N13O27/c1-25(68)52-37-31(71)16-49(46(80)81,89-43(37)40(77)34(74)22-65)86-13-4-28-19-62(58-55-28)10-7-61(8-11-63-20-29(56-59-63)5-14-87-50(47(82)83)17-32(72)38(53-26(2)69)44(90-50)41(78)35(75)23-66)9-12-64-21-30(57-60-64)6-15-88-51(48(84)85)18-33(73)39(54-27(3)70)45(91-51)42(79)36(76)24-67/h19-21,31-45,65-67,71-79H,4-18,22-24H2,1-3H3,(H,52,68)(H,53,69)(H,54,70)(H,80,81)(H,82,83)(H,84,85)/t31-,32-,33-,34+,35+,36+,37+,38+,39+,40+,41+,42+,43+,44+,45+,49+,50+,51+/m0/s1. The molecule has 18 atom stereocenters. The van der Waals surface area contributed by atoms with Gasteiger partial charge in [0, 0.05) is 97.5 Å². The maximum atomic E-state index is 12.7. The molecular formula is C51H81N13O27. The molecule has 3 aliphatic rings. The number of amides is 3. The molecule has 3 fully saturated rings. The predicted molar refractivity (Wildman–Crippen MR) is 293 cm³/mol. The van der Waals surface area contributed by atoms with Gasteiger partial charge < -0.3 is 121 Å². The van der Waals surface area contributed by atoms with E-state index in [-0.39, 0.29) is 58.5 Å². The van der Waals surface area contributed by atoms with Crippen LogP contribution in [0.15, 0.2) is 18.6 Å². The van der Waals surface area contributed by atoms with E-state index in [9.17, 15) is 105 Å². The summed E-state index contributed by atoms with van der Waals surface area (Å²) in [4.78, 5) is 75.8. The summed E-state index contributed by atoms with van der Waals surface area (Å²) in [5.74, 6) is -14.9. The highest BCUT2D eigenvalue weighted by Crippen LogP contribution is 2.37. The van der Waals surface area contributed by atoms with E-state index in [1.807, 2.05) is 4.90 Å². The lowest BCUT2D eigenvalue weighted by atomic mass is 9.88. The van der Waals surface area contributed by atoms with Gasteiger partial charge in [-0.15, -0.1) is 15.3 Å². The van der Waals surface area contributed by atoms with Crippen LogP contribution in [-0.2, 0) is 96.1 Å². The summed E-state index contributed by atoms with van der Waals surface area (Å²) < 4.78 is 38.6. The average Bonchev–Trinajstić information content (AvgIpc) is 2.17. The fraction of sp³-hybridized carbons (Fsp3) is 0.765. The van der Waals surface area contributed by atoms with E-state index < -0.39 is 203 Å². The van der Waals surface area contributed by atoms with Crippen LogP contribution in [0.3, 0.4) is 0 Å².